The number of thioether (sulfide) groups is 1. The minimum atomic E-state index is -0.345. The fourth-order valence-corrected chi connectivity index (χ4v) is 3.36. The molecular weight excluding hydrogens is 350 g/mol. The second-order valence-corrected chi connectivity index (χ2v) is 7.04. The quantitative estimate of drug-likeness (QED) is 0.456. The van der Waals surface area contributed by atoms with Crippen molar-refractivity contribution in [3.05, 3.63) is 29.3 Å². The van der Waals surface area contributed by atoms with Crippen molar-refractivity contribution in [1.82, 2.24) is 10.2 Å². The van der Waals surface area contributed by atoms with Crippen LogP contribution in [0.2, 0.25) is 0 Å². The molecule has 1 N–H and O–H groups in total. The minimum Gasteiger partial charge on any atom is -0.483 e. The molecule has 1 aromatic carbocycles. The van der Waals surface area contributed by atoms with Crippen molar-refractivity contribution < 1.29 is 19.1 Å². The Morgan fingerprint density at radius 1 is 1.29 bits per heavy atom. The molecule has 0 aliphatic rings. The van der Waals surface area contributed by atoms with Gasteiger partial charge in [-0.25, -0.2) is 0 Å². The maximum atomic E-state index is 11.9. The molecule has 0 atom stereocenters. The van der Waals surface area contributed by atoms with Crippen LogP contribution in [0.3, 0.4) is 0 Å². The van der Waals surface area contributed by atoms with E-state index in [-0.39, 0.29) is 24.2 Å². The highest BCUT2D eigenvalue weighted by Gasteiger charge is 2.11. The monoisotopic (exact) mass is 367 g/mol. The van der Waals surface area contributed by atoms with Gasteiger partial charge in [0.25, 0.3) is 5.91 Å². The molecule has 9 heteroatoms. The van der Waals surface area contributed by atoms with Gasteiger partial charge < -0.3 is 9.47 Å². The van der Waals surface area contributed by atoms with Gasteiger partial charge >= 0.3 is 5.97 Å². The van der Waals surface area contributed by atoms with Gasteiger partial charge in [-0.3, -0.25) is 14.9 Å². The van der Waals surface area contributed by atoms with Gasteiger partial charge in [-0.15, -0.1) is 10.2 Å². The lowest BCUT2D eigenvalue weighted by Crippen LogP contribution is -2.20. The lowest BCUT2D eigenvalue weighted by atomic mass is 10.1. The number of ether oxygens (including phenoxy) is 2. The minimum absolute atomic E-state index is 0.117. The molecule has 0 fully saturated rings. The summed E-state index contributed by atoms with van der Waals surface area (Å²) in [6.07, 6.45) is 0. The van der Waals surface area contributed by atoms with E-state index in [2.05, 4.69) is 20.3 Å². The normalized spacial score (nSPS) is 10.3. The van der Waals surface area contributed by atoms with Crippen molar-refractivity contribution in [3.63, 3.8) is 0 Å². The molecule has 0 unspecified atom stereocenters. The summed E-state index contributed by atoms with van der Waals surface area (Å²) in [5, 5.41) is 10.7. The van der Waals surface area contributed by atoms with Gasteiger partial charge in [-0.1, -0.05) is 40.8 Å². The van der Waals surface area contributed by atoms with Gasteiger partial charge in [0.2, 0.25) is 5.13 Å². The van der Waals surface area contributed by atoms with Crippen molar-refractivity contribution >= 4 is 40.1 Å². The summed E-state index contributed by atoms with van der Waals surface area (Å²) < 4.78 is 10.6. The summed E-state index contributed by atoms with van der Waals surface area (Å²) >= 11 is 2.39. The molecule has 7 nitrogen and oxygen atoms in total. The highest BCUT2D eigenvalue weighted by molar-refractivity contribution is 8.01. The number of benzene rings is 1. The number of aryl methyl sites for hydroxylation is 2. The molecular formula is C15H17N3O4S2. The van der Waals surface area contributed by atoms with Crippen LogP contribution in [0, 0.1) is 13.8 Å². The van der Waals surface area contributed by atoms with Crippen LogP contribution in [-0.4, -0.2) is 41.5 Å². The number of carbonyl (C=O) groups is 2. The summed E-state index contributed by atoms with van der Waals surface area (Å²) in [5.41, 5.74) is 2.11. The van der Waals surface area contributed by atoms with E-state index >= 15 is 0 Å². The number of nitrogens with zero attached hydrogens (tertiary/aromatic N) is 2. The van der Waals surface area contributed by atoms with Crippen LogP contribution in [0.15, 0.2) is 22.5 Å². The fraction of sp³-hybridized carbons (Fsp3) is 0.333. The Kier molecular flexibility index (Phi) is 6.56. The van der Waals surface area contributed by atoms with E-state index in [0.717, 1.165) is 11.1 Å². The number of esters is 1. The maximum absolute atomic E-state index is 11.9. The predicted octanol–water partition coefficient (Wildman–Crippen LogP) is 2.44. The average molecular weight is 367 g/mol. The van der Waals surface area contributed by atoms with E-state index in [1.807, 2.05) is 32.0 Å². The molecule has 2 rings (SSSR count). The first-order valence-electron chi connectivity index (χ1n) is 7.01. The van der Waals surface area contributed by atoms with Gasteiger partial charge in [0.1, 0.15) is 5.75 Å². The number of aromatic nitrogens is 2. The van der Waals surface area contributed by atoms with Gasteiger partial charge in [0.05, 0.1) is 12.9 Å². The zero-order valence-electron chi connectivity index (χ0n) is 13.5. The molecule has 0 aliphatic heterocycles. The van der Waals surface area contributed by atoms with E-state index in [0.29, 0.717) is 15.2 Å². The molecule has 24 heavy (non-hydrogen) atoms. The zero-order valence-corrected chi connectivity index (χ0v) is 15.1. The van der Waals surface area contributed by atoms with Crippen LogP contribution in [0.5, 0.6) is 5.75 Å². The third-order valence-corrected chi connectivity index (χ3v) is 4.83. The summed E-state index contributed by atoms with van der Waals surface area (Å²) in [6.45, 7) is 3.80. The van der Waals surface area contributed by atoms with Crippen LogP contribution in [0.25, 0.3) is 0 Å². The van der Waals surface area contributed by atoms with Crippen molar-refractivity contribution in [1.29, 1.82) is 0 Å². The van der Waals surface area contributed by atoms with E-state index in [9.17, 15) is 9.59 Å². The second kappa shape index (κ2) is 8.65. The molecule has 0 spiro atoms. The molecule has 1 heterocycles. The first-order chi connectivity index (χ1) is 11.5. The van der Waals surface area contributed by atoms with E-state index < -0.39 is 0 Å². The standard InChI is InChI=1S/C15H17N3O4S2/c1-9-4-5-11(10(2)6-9)22-7-12(19)16-14-17-18-15(24-14)23-8-13(20)21-3/h4-6H,7-8H2,1-3H3,(H,16,17,19). The number of carbonyl (C=O) groups excluding carboxylic acids is 2. The number of amides is 1. The topological polar surface area (TPSA) is 90.4 Å². The molecule has 0 aliphatic carbocycles. The van der Waals surface area contributed by atoms with Crippen LogP contribution in [0.4, 0.5) is 5.13 Å². The third kappa shape index (κ3) is 5.50. The molecule has 1 amide bonds. The van der Waals surface area contributed by atoms with Crippen LogP contribution in [-0.2, 0) is 14.3 Å². The molecule has 0 saturated heterocycles. The van der Waals surface area contributed by atoms with Crippen molar-refractivity contribution in [2.75, 3.05) is 24.8 Å². The third-order valence-electron chi connectivity index (χ3n) is 2.88. The summed E-state index contributed by atoms with van der Waals surface area (Å²) in [6, 6.07) is 5.75. The van der Waals surface area contributed by atoms with Crippen LogP contribution in [0.1, 0.15) is 11.1 Å². The van der Waals surface area contributed by atoms with Crippen molar-refractivity contribution in [2.24, 2.45) is 0 Å². The molecule has 0 bridgehead atoms. The Bertz CT molecular complexity index is 733. The van der Waals surface area contributed by atoms with Crippen LogP contribution < -0.4 is 10.1 Å². The molecule has 1 aromatic heterocycles. The lowest BCUT2D eigenvalue weighted by molar-refractivity contribution is -0.137. The Hall–Kier alpha value is -2.13. The molecule has 2 aromatic rings. The Balaban J connectivity index is 1.82. The molecule has 0 radical (unpaired) electrons. The number of methoxy groups -OCH3 is 1. The number of anilines is 1. The highest BCUT2D eigenvalue weighted by atomic mass is 32.2. The van der Waals surface area contributed by atoms with Gasteiger partial charge in [-0.2, -0.15) is 0 Å². The van der Waals surface area contributed by atoms with Gasteiger partial charge in [-0.05, 0) is 25.5 Å². The Morgan fingerprint density at radius 2 is 2.08 bits per heavy atom. The molecule has 128 valence electrons. The Morgan fingerprint density at radius 3 is 2.79 bits per heavy atom. The van der Waals surface area contributed by atoms with E-state index in [4.69, 9.17) is 4.74 Å². The number of hydrogen-bond donors (Lipinski definition) is 1. The second-order valence-electron chi connectivity index (χ2n) is 4.84. The fourth-order valence-electron chi connectivity index (χ4n) is 1.76. The van der Waals surface area contributed by atoms with Gasteiger partial charge in [0.15, 0.2) is 10.9 Å². The maximum Gasteiger partial charge on any atom is 0.316 e. The SMILES string of the molecule is COC(=O)CSc1nnc(NC(=O)COc2ccc(C)cc2C)s1. The molecule has 0 saturated carbocycles. The van der Waals surface area contributed by atoms with Crippen molar-refractivity contribution in [2.45, 2.75) is 18.2 Å². The summed E-state index contributed by atoms with van der Waals surface area (Å²) in [7, 11) is 1.32. The zero-order chi connectivity index (χ0) is 17.5. The Labute approximate surface area is 147 Å². The number of rotatable bonds is 7. The predicted molar refractivity (Wildman–Crippen MR) is 92.7 cm³/mol. The van der Waals surface area contributed by atoms with Crippen molar-refractivity contribution in [3.8, 4) is 5.75 Å². The summed E-state index contributed by atoms with van der Waals surface area (Å²) in [5.74, 6) is 0.148. The van der Waals surface area contributed by atoms with Crippen LogP contribution >= 0.6 is 23.1 Å². The largest absolute Gasteiger partial charge is 0.483 e. The average Bonchev–Trinajstić information content (AvgIpc) is 2.99. The first-order valence-corrected chi connectivity index (χ1v) is 8.81. The smallest absolute Gasteiger partial charge is 0.316 e. The summed E-state index contributed by atoms with van der Waals surface area (Å²) in [4.78, 5) is 23.0. The number of hydrogen-bond acceptors (Lipinski definition) is 8. The number of nitrogens with one attached hydrogen (secondary N) is 1. The van der Waals surface area contributed by atoms with Gasteiger partial charge in [0, 0.05) is 0 Å². The van der Waals surface area contributed by atoms with E-state index in [1.54, 1.807) is 0 Å². The lowest BCUT2D eigenvalue weighted by Gasteiger charge is -2.09. The van der Waals surface area contributed by atoms with E-state index in [1.165, 1.54) is 30.2 Å². The highest BCUT2D eigenvalue weighted by Crippen LogP contribution is 2.25. The first kappa shape index (κ1) is 18.2.